The third-order valence-corrected chi connectivity index (χ3v) is 7.18. The summed E-state index contributed by atoms with van der Waals surface area (Å²) in [7, 11) is 0. The summed E-state index contributed by atoms with van der Waals surface area (Å²) in [6, 6.07) is 4.16. The van der Waals surface area contributed by atoms with Crippen LogP contribution in [0.25, 0.3) is 0 Å². The molecule has 2 fully saturated rings. The summed E-state index contributed by atoms with van der Waals surface area (Å²) in [5, 5.41) is 2.46. The third-order valence-electron chi connectivity index (χ3n) is 5.95. The smallest absolute Gasteiger partial charge is 0.333 e. The van der Waals surface area contributed by atoms with Gasteiger partial charge in [-0.05, 0) is 31.9 Å². The van der Waals surface area contributed by atoms with E-state index in [1.807, 2.05) is 0 Å². The summed E-state index contributed by atoms with van der Waals surface area (Å²) in [6.07, 6.45) is 0. The van der Waals surface area contributed by atoms with E-state index in [2.05, 4.69) is 11.9 Å². The van der Waals surface area contributed by atoms with E-state index < -0.39 is 68.4 Å². The van der Waals surface area contributed by atoms with Crippen LogP contribution in [0, 0.1) is 4.91 Å². The highest BCUT2D eigenvalue weighted by atomic mass is 35.6. The van der Waals surface area contributed by atoms with Crippen LogP contribution in [-0.2, 0) is 30.2 Å². The van der Waals surface area contributed by atoms with Crippen LogP contribution in [0.1, 0.15) is 32.4 Å². The van der Waals surface area contributed by atoms with Crippen molar-refractivity contribution >= 4 is 63.7 Å². The van der Waals surface area contributed by atoms with Crippen molar-refractivity contribution in [2.24, 2.45) is 5.29 Å². The summed E-state index contributed by atoms with van der Waals surface area (Å²) in [6.45, 7) is 7.40. The first-order valence-corrected chi connectivity index (χ1v) is 12.8. The van der Waals surface area contributed by atoms with E-state index >= 15 is 0 Å². The zero-order valence-corrected chi connectivity index (χ0v) is 22.4. The van der Waals surface area contributed by atoms with Crippen LogP contribution in [0.5, 0.6) is 0 Å². The normalized spacial score (nSPS) is 25.3. The number of hydrogen-bond donors (Lipinski definition) is 1. The average Bonchev–Trinajstić information content (AvgIpc) is 2.97. The number of rotatable bonds is 8. The van der Waals surface area contributed by atoms with E-state index in [4.69, 9.17) is 39.5 Å². The number of hydrogen-bond acceptors (Lipinski definition) is 7. The van der Waals surface area contributed by atoms with Crippen LogP contribution in [0.15, 0.2) is 47.8 Å². The first-order valence-electron chi connectivity index (χ1n) is 10.5. The van der Waals surface area contributed by atoms with Gasteiger partial charge in [-0.25, -0.2) is 14.0 Å². The van der Waals surface area contributed by atoms with E-state index in [0.29, 0.717) is 5.56 Å². The Balaban J connectivity index is 1.99. The van der Waals surface area contributed by atoms with Crippen LogP contribution in [0.2, 0.25) is 0 Å². The van der Waals surface area contributed by atoms with Crippen LogP contribution in [0.3, 0.4) is 0 Å². The molecule has 15 heteroatoms. The molecular weight excluding hydrogens is 559 g/mol. The molecule has 3 rings (SSSR count). The molecule has 5 atom stereocenters. The van der Waals surface area contributed by atoms with Crippen molar-refractivity contribution in [3.63, 3.8) is 0 Å². The van der Waals surface area contributed by atoms with Crippen molar-refractivity contribution in [3.8, 4) is 0 Å². The van der Waals surface area contributed by atoms with Crippen molar-refractivity contribution in [2.75, 3.05) is 6.61 Å². The number of halogens is 3. The van der Waals surface area contributed by atoms with Gasteiger partial charge in [0.1, 0.15) is 18.3 Å². The molecule has 2 aliphatic rings. The summed E-state index contributed by atoms with van der Waals surface area (Å²) >= 11 is 14.1. The molecule has 2 saturated heterocycles. The molecule has 0 spiro atoms. The maximum absolute atomic E-state index is 13.6. The fraction of sp³-hybridized carbons (Fsp3) is 0.476. The number of benzene rings is 1. The van der Waals surface area contributed by atoms with E-state index in [-0.39, 0.29) is 5.57 Å². The van der Waals surface area contributed by atoms with Crippen LogP contribution >= 0.6 is 34.8 Å². The number of nitroso groups, excluding NO2 is 1. The second-order valence-corrected chi connectivity index (χ2v) is 12.3. The largest absolute Gasteiger partial charge is 0.459 e. The lowest BCUT2D eigenvalue weighted by molar-refractivity contribution is -0.173. The molecule has 1 aromatic rings. The zero-order chi connectivity index (χ0) is 27.2. The lowest BCUT2D eigenvalue weighted by Gasteiger charge is -2.53. The number of esters is 1. The summed E-state index contributed by atoms with van der Waals surface area (Å²) in [5.41, 5.74) is -0.909. The van der Waals surface area contributed by atoms with Crippen LogP contribution in [0.4, 0.5) is 0 Å². The summed E-state index contributed by atoms with van der Waals surface area (Å²) < 4.78 is 25.6. The number of amides is 2. The molecule has 5 unspecified atom stereocenters. The lowest BCUT2D eigenvalue weighted by atomic mass is 9.96. The van der Waals surface area contributed by atoms with E-state index in [0.717, 1.165) is 14.8 Å². The van der Waals surface area contributed by atoms with Gasteiger partial charge in [0.05, 0.1) is 5.29 Å². The van der Waals surface area contributed by atoms with Crippen molar-refractivity contribution in [3.05, 3.63) is 53.0 Å². The second-order valence-electron chi connectivity index (χ2n) is 8.77. The average molecular weight is 582 g/mol. The molecule has 0 saturated carbocycles. The SMILES string of the molecule is C=C(C)C(C(=O)OCC(Cl)(Cl)Cl)N1C(=O)C(N2C(=O)C(c3ccccc3)N(N=O)C2(C)C)C1S(=O)O. The van der Waals surface area contributed by atoms with Gasteiger partial charge in [0.15, 0.2) is 28.5 Å². The molecule has 196 valence electrons. The topological polar surface area (TPSA) is 137 Å². The molecule has 36 heavy (non-hydrogen) atoms. The zero-order valence-electron chi connectivity index (χ0n) is 19.3. The molecule has 0 bridgehead atoms. The number of ether oxygens (including phenoxy) is 1. The van der Waals surface area contributed by atoms with Gasteiger partial charge in [-0.3, -0.25) is 9.59 Å². The number of carbonyl (C=O) groups excluding carboxylic acids is 3. The quantitative estimate of drug-likeness (QED) is 0.124. The van der Waals surface area contributed by atoms with Gasteiger partial charge in [-0.15, -0.1) is 4.91 Å². The molecule has 2 amide bonds. The number of carbonyl (C=O) groups is 3. The molecule has 1 aromatic carbocycles. The van der Waals surface area contributed by atoms with Crippen molar-refractivity contribution < 1.29 is 27.9 Å². The van der Waals surface area contributed by atoms with E-state index in [1.165, 1.54) is 20.8 Å². The van der Waals surface area contributed by atoms with Gasteiger partial charge in [-0.1, -0.05) is 71.7 Å². The van der Waals surface area contributed by atoms with Gasteiger partial charge in [0.25, 0.3) is 11.8 Å². The second kappa shape index (κ2) is 10.3. The first kappa shape index (κ1) is 28.3. The number of alkyl halides is 3. The highest BCUT2D eigenvalue weighted by molar-refractivity contribution is 7.80. The summed E-state index contributed by atoms with van der Waals surface area (Å²) in [4.78, 5) is 53.4. The molecular formula is C21H23Cl3N4O7S. The molecule has 2 heterocycles. The minimum Gasteiger partial charge on any atom is -0.459 e. The minimum atomic E-state index is -2.74. The fourth-order valence-electron chi connectivity index (χ4n) is 4.45. The number of likely N-dealkylation sites (tertiary alicyclic amines) is 1. The van der Waals surface area contributed by atoms with Crippen molar-refractivity contribution in [1.29, 1.82) is 0 Å². The van der Waals surface area contributed by atoms with Gasteiger partial charge in [0.2, 0.25) is 3.79 Å². The maximum atomic E-state index is 13.6. The highest BCUT2D eigenvalue weighted by Crippen LogP contribution is 2.46. The van der Waals surface area contributed by atoms with Gasteiger partial charge >= 0.3 is 5.97 Å². The Morgan fingerprint density at radius 2 is 1.83 bits per heavy atom. The molecule has 2 aliphatic heterocycles. The Labute approximate surface area is 224 Å². The van der Waals surface area contributed by atoms with Crippen molar-refractivity contribution in [2.45, 2.75) is 53.7 Å². The Morgan fingerprint density at radius 3 is 2.31 bits per heavy atom. The van der Waals surface area contributed by atoms with Gasteiger partial charge in [-0.2, -0.15) is 0 Å². The highest BCUT2D eigenvalue weighted by Gasteiger charge is 2.66. The Kier molecular flexibility index (Phi) is 8.07. The summed E-state index contributed by atoms with van der Waals surface area (Å²) in [5.74, 6) is -2.55. The fourth-order valence-corrected chi connectivity index (χ4v) is 5.49. The van der Waals surface area contributed by atoms with E-state index in [1.54, 1.807) is 30.3 Å². The van der Waals surface area contributed by atoms with Crippen LogP contribution in [-0.4, -0.2) is 74.9 Å². The van der Waals surface area contributed by atoms with E-state index in [9.17, 15) is 28.1 Å². The van der Waals surface area contributed by atoms with Crippen molar-refractivity contribution in [1.82, 2.24) is 14.8 Å². The molecule has 0 aliphatic carbocycles. The first-order chi connectivity index (χ1) is 16.6. The molecule has 11 nitrogen and oxygen atoms in total. The third kappa shape index (κ3) is 4.97. The van der Waals surface area contributed by atoms with Gasteiger partial charge < -0.3 is 19.1 Å². The predicted molar refractivity (Wildman–Crippen MR) is 133 cm³/mol. The standard InChI is InChI=1S/C21H23Cl3N4O7S/c1-11(2)13(19(31)35-10-21(22,23)24)26-16(29)15(18(26)36(33)34)27-17(30)14(12-8-6-5-7-9-12)28(25-32)20(27,3)4/h5-9,13-15,18H,1,10H2,2-4H3,(H,33,34). The molecule has 0 radical (unpaired) electrons. The Morgan fingerprint density at radius 1 is 1.25 bits per heavy atom. The Hall–Kier alpha value is -2.25. The number of nitrogens with zero attached hydrogens (tertiary/aromatic N) is 4. The molecule has 1 N–H and O–H groups in total. The monoisotopic (exact) mass is 580 g/mol. The predicted octanol–water partition coefficient (Wildman–Crippen LogP) is 2.91. The lowest BCUT2D eigenvalue weighted by Crippen LogP contribution is -2.77. The van der Waals surface area contributed by atoms with Crippen LogP contribution < -0.4 is 0 Å². The molecule has 0 aromatic heterocycles. The maximum Gasteiger partial charge on any atom is 0.333 e. The Bertz CT molecular complexity index is 1110. The minimum absolute atomic E-state index is 0.108. The van der Waals surface area contributed by atoms with Gasteiger partial charge in [0, 0.05) is 0 Å². The number of β-lactam (4-membered cyclic amide) rings is 1.